The Labute approximate surface area is 126 Å². The lowest BCUT2D eigenvalue weighted by Crippen LogP contribution is -2.34. The summed E-state index contributed by atoms with van der Waals surface area (Å²) >= 11 is 1.67. The normalized spacial score (nSPS) is 24.4. The molecular weight excluding hydrogens is 270 g/mol. The molecule has 1 heterocycles. The number of rotatable bonds is 6. The zero-order valence-corrected chi connectivity index (χ0v) is 13.9. The molecule has 0 radical (unpaired) electrons. The minimum atomic E-state index is -0.262. The molecule has 1 N–H and O–H groups in total. The molecule has 0 saturated heterocycles. The van der Waals surface area contributed by atoms with Crippen molar-refractivity contribution in [3.8, 4) is 0 Å². The third-order valence-corrected chi connectivity index (χ3v) is 4.80. The smallest absolute Gasteiger partial charge is 0.0954 e. The van der Waals surface area contributed by atoms with Gasteiger partial charge in [0.25, 0.3) is 0 Å². The van der Waals surface area contributed by atoms with Crippen LogP contribution >= 0.6 is 11.3 Å². The molecule has 114 valence electrons. The fraction of sp³-hybridized carbons (Fsp3) is 0.812. The van der Waals surface area contributed by atoms with Gasteiger partial charge in [-0.3, -0.25) is 0 Å². The van der Waals surface area contributed by atoms with Gasteiger partial charge in [0.05, 0.1) is 22.9 Å². The third-order valence-electron chi connectivity index (χ3n) is 3.93. The summed E-state index contributed by atoms with van der Waals surface area (Å²) in [5.41, 5.74) is 1.23. The lowest BCUT2D eigenvalue weighted by atomic mass is 9.78. The fourth-order valence-electron chi connectivity index (χ4n) is 2.66. The molecule has 1 aromatic rings. The van der Waals surface area contributed by atoms with Gasteiger partial charge in [-0.1, -0.05) is 20.8 Å². The van der Waals surface area contributed by atoms with E-state index in [0.29, 0.717) is 18.4 Å². The maximum Gasteiger partial charge on any atom is 0.0954 e. The molecular formula is C16H27NO2S. The third kappa shape index (κ3) is 4.27. The van der Waals surface area contributed by atoms with E-state index in [1.54, 1.807) is 11.3 Å². The van der Waals surface area contributed by atoms with Gasteiger partial charge in [0.2, 0.25) is 0 Å². The highest BCUT2D eigenvalue weighted by atomic mass is 32.1. The predicted molar refractivity (Wildman–Crippen MR) is 83.3 cm³/mol. The van der Waals surface area contributed by atoms with Gasteiger partial charge < -0.3 is 9.84 Å². The van der Waals surface area contributed by atoms with Crippen LogP contribution in [0.3, 0.4) is 0 Å². The Morgan fingerprint density at radius 1 is 1.45 bits per heavy atom. The molecule has 20 heavy (non-hydrogen) atoms. The number of aromatic nitrogens is 1. The van der Waals surface area contributed by atoms with E-state index in [2.05, 4.69) is 31.1 Å². The van der Waals surface area contributed by atoms with Crippen molar-refractivity contribution < 1.29 is 9.84 Å². The molecule has 0 amide bonds. The Balaban J connectivity index is 1.75. The molecule has 1 aliphatic carbocycles. The van der Waals surface area contributed by atoms with Gasteiger partial charge in [-0.2, -0.15) is 0 Å². The largest absolute Gasteiger partial charge is 0.393 e. The number of thiazole rings is 1. The van der Waals surface area contributed by atoms with E-state index in [4.69, 9.17) is 4.74 Å². The SMILES string of the molecule is CCOC1CC(CC(O)Cc2nc(C(C)(C)C)cs2)C1. The molecule has 0 bridgehead atoms. The first-order chi connectivity index (χ1) is 9.38. The lowest BCUT2D eigenvalue weighted by molar-refractivity contribution is -0.0375. The van der Waals surface area contributed by atoms with Gasteiger partial charge in [0.1, 0.15) is 0 Å². The maximum atomic E-state index is 10.2. The number of aliphatic hydroxyl groups is 1. The predicted octanol–water partition coefficient (Wildman–Crippen LogP) is 3.55. The van der Waals surface area contributed by atoms with Crippen LogP contribution in [-0.4, -0.2) is 28.9 Å². The quantitative estimate of drug-likeness (QED) is 0.873. The highest BCUT2D eigenvalue weighted by Gasteiger charge is 2.31. The van der Waals surface area contributed by atoms with Crippen molar-refractivity contribution in [1.82, 2.24) is 4.98 Å². The second-order valence-corrected chi connectivity index (χ2v) is 7.83. The van der Waals surface area contributed by atoms with Crippen LogP contribution in [0.15, 0.2) is 5.38 Å². The van der Waals surface area contributed by atoms with Crippen LogP contribution in [0, 0.1) is 5.92 Å². The molecule has 1 atom stereocenters. The van der Waals surface area contributed by atoms with Crippen molar-refractivity contribution >= 4 is 11.3 Å². The van der Waals surface area contributed by atoms with Gasteiger partial charge in [-0.05, 0) is 32.1 Å². The van der Waals surface area contributed by atoms with E-state index in [0.717, 1.165) is 36.6 Å². The zero-order chi connectivity index (χ0) is 14.8. The van der Waals surface area contributed by atoms with Crippen molar-refractivity contribution in [3.05, 3.63) is 16.1 Å². The Morgan fingerprint density at radius 2 is 2.15 bits per heavy atom. The molecule has 0 aliphatic heterocycles. The number of hydrogen-bond donors (Lipinski definition) is 1. The Kier molecular flexibility index (Phi) is 5.21. The van der Waals surface area contributed by atoms with Crippen molar-refractivity contribution in [1.29, 1.82) is 0 Å². The van der Waals surface area contributed by atoms with Gasteiger partial charge in [-0.15, -0.1) is 11.3 Å². The van der Waals surface area contributed by atoms with Crippen molar-refractivity contribution in [2.75, 3.05) is 6.61 Å². The average Bonchev–Trinajstić information content (AvgIpc) is 2.74. The van der Waals surface area contributed by atoms with E-state index in [1.165, 1.54) is 0 Å². The Morgan fingerprint density at radius 3 is 2.70 bits per heavy atom. The summed E-state index contributed by atoms with van der Waals surface area (Å²) < 4.78 is 5.56. The van der Waals surface area contributed by atoms with Crippen molar-refractivity contribution in [3.63, 3.8) is 0 Å². The van der Waals surface area contributed by atoms with Crippen LogP contribution in [0.4, 0.5) is 0 Å². The molecule has 4 heteroatoms. The summed E-state index contributed by atoms with van der Waals surface area (Å²) in [4.78, 5) is 4.65. The van der Waals surface area contributed by atoms with Gasteiger partial charge in [-0.25, -0.2) is 4.98 Å². The number of nitrogens with zero attached hydrogens (tertiary/aromatic N) is 1. The maximum absolute atomic E-state index is 10.2. The molecule has 3 nitrogen and oxygen atoms in total. The molecule has 0 aromatic carbocycles. The number of aliphatic hydroxyl groups excluding tert-OH is 1. The van der Waals surface area contributed by atoms with Crippen molar-refractivity contribution in [2.45, 2.75) is 71.0 Å². The summed E-state index contributed by atoms with van der Waals surface area (Å²) in [6, 6.07) is 0. The Bertz CT molecular complexity index is 418. The molecule has 2 rings (SSSR count). The van der Waals surface area contributed by atoms with E-state index >= 15 is 0 Å². The first-order valence-electron chi connectivity index (χ1n) is 7.63. The molecule has 0 spiro atoms. The molecule has 1 aliphatic rings. The number of hydrogen-bond acceptors (Lipinski definition) is 4. The standard InChI is InChI=1S/C16H27NO2S/c1-5-19-13-7-11(8-13)6-12(18)9-15-17-14(10-20-15)16(2,3)4/h10-13,18H,5-9H2,1-4H3. The van der Waals surface area contributed by atoms with E-state index in [1.807, 2.05) is 6.92 Å². The second-order valence-electron chi connectivity index (χ2n) is 6.88. The molecule has 1 saturated carbocycles. The molecule has 1 unspecified atom stereocenters. The van der Waals surface area contributed by atoms with Crippen LogP contribution in [0.1, 0.15) is 57.7 Å². The van der Waals surface area contributed by atoms with Gasteiger partial charge in [0.15, 0.2) is 0 Å². The first-order valence-corrected chi connectivity index (χ1v) is 8.51. The Hall–Kier alpha value is -0.450. The summed E-state index contributed by atoms with van der Waals surface area (Å²) in [7, 11) is 0. The second kappa shape index (κ2) is 6.54. The summed E-state index contributed by atoms with van der Waals surface area (Å²) in [5, 5.41) is 13.4. The van der Waals surface area contributed by atoms with Crippen molar-refractivity contribution in [2.24, 2.45) is 5.92 Å². The molecule has 1 fully saturated rings. The summed E-state index contributed by atoms with van der Waals surface area (Å²) in [6.07, 6.45) is 3.96. The topological polar surface area (TPSA) is 42.4 Å². The summed E-state index contributed by atoms with van der Waals surface area (Å²) in [6.45, 7) is 9.35. The molecule has 1 aromatic heterocycles. The van der Waals surface area contributed by atoms with Crippen LogP contribution < -0.4 is 0 Å². The highest BCUT2D eigenvalue weighted by Crippen LogP contribution is 2.34. The first kappa shape index (κ1) is 15.9. The number of ether oxygens (including phenoxy) is 1. The van der Waals surface area contributed by atoms with Crippen LogP contribution in [0.2, 0.25) is 0 Å². The monoisotopic (exact) mass is 297 g/mol. The van der Waals surface area contributed by atoms with Gasteiger partial charge >= 0.3 is 0 Å². The van der Waals surface area contributed by atoms with E-state index in [-0.39, 0.29) is 11.5 Å². The zero-order valence-electron chi connectivity index (χ0n) is 13.1. The average molecular weight is 297 g/mol. The highest BCUT2D eigenvalue weighted by molar-refractivity contribution is 7.09. The van der Waals surface area contributed by atoms with Crippen LogP contribution in [-0.2, 0) is 16.6 Å². The van der Waals surface area contributed by atoms with Crippen LogP contribution in [0.25, 0.3) is 0 Å². The fourth-order valence-corrected chi connectivity index (χ4v) is 3.75. The minimum Gasteiger partial charge on any atom is -0.393 e. The van der Waals surface area contributed by atoms with E-state index in [9.17, 15) is 5.11 Å². The van der Waals surface area contributed by atoms with E-state index < -0.39 is 0 Å². The van der Waals surface area contributed by atoms with Gasteiger partial charge in [0, 0.05) is 23.8 Å². The lowest BCUT2D eigenvalue weighted by Gasteiger charge is -2.36. The summed E-state index contributed by atoms with van der Waals surface area (Å²) in [5.74, 6) is 0.628. The van der Waals surface area contributed by atoms with Crippen LogP contribution in [0.5, 0.6) is 0 Å². The minimum absolute atomic E-state index is 0.0956.